The van der Waals surface area contributed by atoms with E-state index in [4.69, 9.17) is 9.15 Å². The van der Waals surface area contributed by atoms with Crippen molar-refractivity contribution in [1.29, 1.82) is 0 Å². The molecule has 0 aliphatic heterocycles. The predicted octanol–water partition coefficient (Wildman–Crippen LogP) is 1.57. The number of aliphatic hydroxyl groups is 1. The molecule has 6 heteroatoms. The molecule has 0 radical (unpaired) electrons. The van der Waals surface area contributed by atoms with Gasteiger partial charge in [0.25, 0.3) is 5.56 Å². The van der Waals surface area contributed by atoms with E-state index >= 15 is 0 Å². The Balaban J connectivity index is 1.62. The summed E-state index contributed by atoms with van der Waals surface area (Å²) in [5.74, 6) is 0.688. The van der Waals surface area contributed by atoms with Gasteiger partial charge in [-0.05, 0) is 18.2 Å². The van der Waals surface area contributed by atoms with Crippen molar-refractivity contribution < 1.29 is 14.3 Å². The molecule has 0 amide bonds. The average molecular weight is 300 g/mol. The Morgan fingerprint density at radius 2 is 2.14 bits per heavy atom. The van der Waals surface area contributed by atoms with Crippen LogP contribution in [0.4, 0.5) is 0 Å². The first-order valence-electron chi connectivity index (χ1n) is 6.97. The normalized spacial score (nSPS) is 12.6. The molecule has 1 atom stereocenters. The Kier molecular flexibility index (Phi) is 4.32. The van der Waals surface area contributed by atoms with E-state index in [2.05, 4.69) is 5.10 Å². The van der Waals surface area contributed by atoms with Crippen LogP contribution in [-0.4, -0.2) is 27.6 Å². The summed E-state index contributed by atoms with van der Waals surface area (Å²) >= 11 is 0. The number of ether oxygens (including phenoxy) is 1. The fourth-order valence-electron chi connectivity index (χ4n) is 2.20. The summed E-state index contributed by atoms with van der Waals surface area (Å²) in [5.41, 5.74) is -0.219. The number of benzene rings is 1. The molecule has 0 saturated carbocycles. The van der Waals surface area contributed by atoms with Gasteiger partial charge in [0.15, 0.2) is 0 Å². The maximum atomic E-state index is 12.3. The zero-order valence-corrected chi connectivity index (χ0v) is 11.9. The second-order valence-electron chi connectivity index (χ2n) is 4.97. The van der Waals surface area contributed by atoms with Crippen molar-refractivity contribution in [2.24, 2.45) is 0 Å². The molecule has 6 nitrogen and oxygen atoms in total. The minimum atomic E-state index is -0.818. The highest BCUT2D eigenvalue weighted by molar-refractivity contribution is 5.80. The number of furan rings is 1. The zero-order valence-electron chi connectivity index (χ0n) is 11.9. The van der Waals surface area contributed by atoms with E-state index in [1.165, 1.54) is 4.68 Å². The SMILES string of the molecule is O=c1c2ccccc2cnn1C[C@@H](O)COCc1ccco1. The Morgan fingerprint density at radius 1 is 1.27 bits per heavy atom. The Hall–Kier alpha value is -2.44. The Labute approximate surface area is 126 Å². The fourth-order valence-corrected chi connectivity index (χ4v) is 2.20. The van der Waals surface area contributed by atoms with Crippen LogP contribution in [0.5, 0.6) is 0 Å². The van der Waals surface area contributed by atoms with E-state index in [0.29, 0.717) is 11.1 Å². The van der Waals surface area contributed by atoms with E-state index in [9.17, 15) is 9.90 Å². The maximum absolute atomic E-state index is 12.3. The number of nitrogens with zero attached hydrogens (tertiary/aromatic N) is 2. The van der Waals surface area contributed by atoms with Gasteiger partial charge in [0.05, 0.1) is 37.1 Å². The van der Waals surface area contributed by atoms with Crippen molar-refractivity contribution in [3.05, 3.63) is 65.0 Å². The molecule has 0 aliphatic rings. The molecule has 0 bridgehead atoms. The molecule has 1 N–H and O–H groups in total. The van der Waals surface area contributed by atoms with Crippen molar-refractivity contribution in [3.63, 3.8) is 0 Å². The van der Waals surface area contributed by atoms with Crippen molar-refractivity contribution in [2.75, 3.05) is 6.61 Å². The lowest BCUT2D eigenvalue weighted by Gasteiger charge is -2.12. The summed E-state index contributed by atoms with van der Waals surface area (Å²) in [6.45, 7) is 0.466. The second-order valence-corrected chi connectivity index (χ2v) is 4.97. The van der Waals surface area contributed by atoms with Crippen LogP contribution in [0.2, 0.25) is 0 Å². The summed E-state index contributed by atoms with van der Waals surface area (Å²) < 4.78 is 11.7. The lowest BCUT2D eigenvalue weighted by Crippen LogP contribution is -2.31. The van der Waals surface area contributed by atoms with Crippen LogP contribution >= 0.6 is 0 Å². The molecule has 0 unspecified atom stereocenters. The van der Waals surface area contributed by atoms with Gasteiger partial charge in [-0.1, -0.05) is 18.2 Å². The van der Waals surface area contributed by atoms with Gasteiger partial charge in [-0.2, -0.15) is 5.10 Å². The number of aromatic nitrogens is 2. The Morgan fingerprint density at radius 3 is 2.95 bits per heavy atom. The first-order chi connectivity index (χ1) is 10.7. The lowest BCUT2D eigenvalue weighted by atomic mass is 10.2. The molecule has 3 aromatic rings. The average Bonchev–Trinajstić information content (AvgIpc) is 3.04. The van der Waals surface area contributed by atoms with Crippen LogP contribution in [-0.2, 0) is 17.9 Å². The molecular formula is C16H16N2O4. The molecule has 0 aliphatic carbocycles. The predicted molar refractivity (Wildman–Crippen MR) is 80.4 cm³/mol. The van der Waals surface area contributed by atoms with Crippen LogP contribution in [0.15, 0.2) is 58.1 Å². The lowest BCUT2D eigenvalue weighted by molar-refractivity contribution is 0.0126. The number of aliphatic hydroxyl groups excluding tert-OH is 1. The summed E-state index contributed by atoms with van der Waals surface area (Å²) in [7, 11) is 0. The maximum Gasteiger partial charge on any atom is 0.274 e. The van der Waals surface area contributed by atoms with Gasteiger partial charge in [-0.25, -0.2) is 4.68 Å². The molecule has 114 valence electrons. The Bertz CT molecular complexity index is 795. The van der Waals surface area contributed by atoms with E-state index in [0.717, 1.165) is 5.39 Å². The van der Waals surface area contributed by atoms with Gasteiger partial charge in [-0.15, -0.1) is 0 Å². The molecule has 2 heterocycles. The largest absolute Gasteiger partial charge is 0.467 e. The molecule has 0 fully saturated rings. The van der Waals surface area contributed by atoms with E-state index in [1.54, 1.807) is 36.7 Å². The van der Waals surface area contributed by atoms with Gasteiger partial charge in [0, 0.05) is 5.39 Å². The monoisotopic (exact) mass is 300 g/mol. The fraction of sp³-hybridized carbons (Fsp3) is 0.250. The zero-order chi connectivity index (χ0) is 15.4. The van der Waals surface area contributed by atoms with Gasteiger partial charge in [0.2, 0.25) is 0 Å². The summed E-state index contributed by atoms with van der Waals surface area (Å²) in [6.07, 6.45) is 2.36. The van der Waals surface area contributed by atoms with Crippen molar-refractivity contribution in [3.8, 4) is 0 Å². The first kappa shape index (κ1) is 14.5. The first-order valence-corrected chi connectivity index (χ1v) is 6.97. The number of hydrogen-bond acceptors (Lipinski definition) is 5. The van der Waals surface area contributed by atoms with E-state index in [-0.39, 0.29) is 25.3 Å². The highest BCUT2D eigenvalue weighted by atomic mass is 16.5. The number of fused-ring (bicyclic) bond motifs is 1. The molecule has 0 saturated heterocycles. The minimum Gasteiger partial charge on any atom is -0.467 e. The van der Waals surface area contributed by atoms with Gasteiger partial charge in [0.1, 0.15) is 12.4 Å². The molecule has 0 spiro atoms. The van der Waals surface area contributed by atoms with Gasteiger partial charge < -0.3 is 14.3 Å². The van der Waals surface area contributed by atoms with Gasteiger partial charge in [-0.3, -0.25) is 4.79 Å². The summed E-state index contributed by atoms with van der Waals surface area (Å²) in [6, 6.07) is 10.8. The molecule has 22 heavy (non-hydrogen) atoms. The molecule has 3 rings (SSSR count). The highest BCUT2D eigenvalue weighted by Gasteiger charge is 2.10. The third-order valence-corrected chi connectivity index (χ3v) is 3.28. The number of rotatable bonds is 6. The molecular weight excluding hydrogens is 284 g/mol. The smallest absolute Gasteiger partial charge is 0.274 e. The van der Waals surface area contributed by atoms with E-state index < -0.39 is 6.10 Å². The van der Waals surface area contributed by atoms with Gasteiger partial charge >= 0.3 is 0 Å². The van der Waals surface area contributed by atoms with Crippen molar-refractivity contribution >= 4 is 10.8 Å². The van der Waals surface area contributed by atoms with Crippen LogP contribution < -0.4 is 5.56 Å². The third-order valence-electron chi connectivity index (χ3n) is 3.28. The summed E-state index contributed by atoms with van der Waals surface area (Å²) in [5, 5.41) is 15.4. The van der Waals surface area contributed by atoms with Crippen LogP contribution in [0.25, 0.3) is 10.8 Å². The van der Waals surface area contributed by atoms with Crippen LogP contribution in [0.1, 0.15) is 5.76 Å². The second kappa shape index (κ2) is 6.55. The molecule has 2 aromatic heterocycles. The highest BCUT2D eigenvalue weighted by Crippen LogP contribution is 2.07. The quantitative estimate of drug-likeness (QED) is 0.747. The standard InChI is InChI=1S/C16H16N2O4/c19-13(10-21-11-14-5-3-7-22-14)9-18-16(20)15-6-2-1-4-12(15)8-17-18/h1-8,13,19H,9-11H2/t13-/m1/s1. The minimum absolute atomic E-state index is 0.0851. The van der Waals surface area contributed by atoms with Crippen molar-refractivity contribution in [1.82, 2.24) is 9.78 Å². The van der Waals surface area contributed by atoms with E-state index in [1.807, 2.05) is 12.1 Å². The topological polar surface area (TPSA) is 77.5 Å². The molecule has 1 aromatic carbocycles. The summed E-state index contributed by atoms with van der Waals surface area (Å²) in [4.78, 5) is 12.3. The van der Waals surface area contributed by atoms with Crippen molar-refractivity contribution in [2.45, 2.75) is 19.3 Å². The number of hydrogen-bond donors (Lipinski definition) is 1. The van der Waals surface area contributed by atoms with Crippen LogP contribution in [0, 0.1) is 0 Å². The third kappa shape index (κ3) is 3.24. The van der Waals surface area contributed by atoms with Crippen LogP contribution in [0.3, 0.4) is 0 Å².